The van der Waals surface area contributed by atoms with Gasteiger partial charge < -0.3 is 10.6 Å². The number of likely N-dealkylation sites (tertiary alicyclic amines) is 1. The summed E-state index contributed by atoms with van der Waals surface area (Å²) in [5.74, 6) is 0.0185. The maximum Gasteiger partial charge on any atom is 0.257 e. The monoisotopic (exact) mass is 284 g/mol. The van der Waals surface area contributed by atoms with E-state index < -0.39 is 0 Å². The summed E-state index contributed by atoms with van der Waals surface area (Å²) in [7, 11) is 0. The fourth-order valence-corrected chi connectivity index (χ4v) is 2.76. The van der Waals surface area contributed by atoms with Crippen LogP contribution in [0.15, 0.2) is 36.7 Å². The van der Waals surface area contributed by atoms with Gasteiger partial charge in [-0.1, -0.05) is 18.2 Å². The molecule has 0 radical (unpaired) electrons. The predicted molar refractivity (Wildman–Crippen MR) is 81.4 cm³/mol. The molecule has 0 unspecified atom stereocenters. The molecule has 1 fully saturated rings. The molecule has 5 nitrogen and oxygen atoms in total. The van der Waals surface area contributed by atoms with Crippen LogP contribution in [0.1, 0.15) is 28.8 Å². The van der Waals surface area contributed by atoms with E-state index in [2.05, 4.69) is 5.10 Å². The maximum absolute atomic E-state index is 12.5. The molecule has 1 saturated heterocycles. The second-order valence-electron chi connectivity index (χ2n) is 5.61. The number of benzene rings is 1. The Morgan fingerprint density at radius 2 is 2.19 bits per heavy atom. The number of carbonyl (C=O) groups is 1. The molecule has 1 aliphatic heterocycles. The summed E-state index contributed by atoms with van der Waals surface area (Å²) in [5, 5.41) is 4.32. The summed E-state index contributed by atoms with van der Waals surface area (Å²) in [6.07, 6.45) is 5.39. The number of nitrogens with zero attached hydrogens (tertiary/aromatic N) is 3. The van der Waals surface area contributed by atoms with Gasteiger partial charge in [0.2, 0.25) is 0 Å². The Morgan fingerprint density at radius 3 is 2.95 bits per heavy atom. The van der Waals surface area contributed by atoms with Crippen LogP contribution in [0.3, 0.4) is 0 Å². The van der Waals surface area contributed by atoms with E-state index in [1.54, 1.807) is 17.1 Å². The second-order valence-corrected chi connectivity index (χ2v) is 5.61. The van der Waals surface area contributed by atoms with Crippen LogP contribution in [0.2, 0.25) is 0 Å². The van der Waals surface area contributed by atoms with E-state index in [0.717, 1.165) is 30.6 Å². The average Bonchev–Trinajstić information content (AvgIpc) is 2.96. The Hall–Kier alpha value is -2.14. The molecule has 1 aliphatic rings. The Kier molecular flexibility index (Phi) is 3.75. The zero-order valence-corrected chi connectivity index (χ0v) is 12.2. The van der Waals surface area contributed by atoms with Crippen LogP contribution in [0, 0.1) is 6.92 Å². The number of para-hydroxylation sites is 1. The van der Waals surface area contributed by atoms with Gasteiger partial charge in [-0.15, -0.1) is 0 Å². The largest absolute Gasteiger partial charge is 0.337 e. The normalized spacial score (nSPS) is 18.8. The minimum atomic E-state index is 0.0185. The van der Waals surface area contributed by atoms with Crippen molar-refractivity contribution < 1.29 is 4.79 Å². The first-order chi connectivity index (χ1) is 10.1. The summed E-state index contributed by atoms with van der Waals surface area (Å²) < 4.78 is 1.76. The molecule has 1 atom stereocenters. The molecule has 2 aromatic rings. The third kappa shape index (κ3) is 2.83. The number of aromatic nitrogens is 2. The fraction of sp³-hybridized carbons (Fsp3) is 0.375. The van der Waals surface area contributed by atoms with Crippen LogP contribution in [0.5, 0.6) is 0 Å². The average molecular weight is 284 g/mol. The summed E-state index contributed by atoms with van der Waals surface area (Å²) in [5.41, 5.74) is 8.68. The number of hydrogen-bond acceptors (Lipinski definition) is 3. The van der Waals surface area contributed by atoms with Gasteiger partial charge in [-0.2, -0.15) is 5.10 Å². The van der Waals surface area contributed by atoms with Gasteiger partial charge in [-0.3, -0.25) is 4.79 Å². The van der Waals surface area contributed by atoms with Gasteiger partial charge in [0.25, 0.3) is 5.91 Å². The first-order valence-electron chi connectivity index (χ1n) is 7.30. The van der Waals surface area contributed by atoms with Crippen molar-refractivity contribution >= 4 is 5.91 Å². The van der Waals surface area contributed by atoms with Crippen molar-refractivity contribution in [2.75, 3.05) is 13.1 Å². The van der Waals surface area contributed by atoms with E-state index >= 15 is 0 Å². The molecule has 0 saturated carbocycles. The molecular formula is C16H20N4O. The lowest BCUT2D eigenvalue weighted by molar-refractivity contribution is 0.0709. The highest BCUT2D eigenvalue weighted by Gasteiger charge is 2.23. The minimum Gasteiger partial charge on any atom is -0.337 e. The molecule has 110 valence electrons. The number of carbonyl (C=O) groups excluding carboxylic acids is 1. The van der Waals surface area contributed by atoms with Gasteiger partial charge >= 0.3 is 0 Å². The number of rotatable bonds is 2. The summed E-state index contributed by atoms with van der Waals surface area (Å²) in [4.78, 5) is 14.3. The molecule has 1 aromatic carbocycles. The number of nitrogens with two attached hydrogens (primary N) is 1. The van der Waals surface area contributed by atoms with E-state index in [-0.39, 0.29) is 11.9 Å². The smallest absolute Gasteiger partial charge is 0.257 e. The highest BCUT2D eigenvalue weighted by atomic mass is 16.2. The lowest BCUT2D eigenvalue weighted by atomic mass is 10.1. The number of hydrogen-bond donors (Lipinski definition) is 1. The molecule has 2 heterocycles. The van der Waals surface area contributed by atoms with Crippen molar-refractivity contribution in [3.63, 3.8) is 0 Å². The Bertz CT molecular complexity index is 649. The molecule has 5 heteroatoms. The van der Waals surface area contributed by atoms with Gasteiger partial charge in [-0.25, -0.2) is 4.68 Å². The fourth-order valence-electron chi connectivity index (χ4n) is 2.76. The quantitative estimate of drug-likeness (QED) is 0.913. The molecule has 0 bridgehead atoms. The van der Waals surface area contributed by atoms with Crippen LogP contribution in [-0.4, -0.2) is 39.7 Å². The Labute approximate surface area is 124 Å². The van der Waals surface area contributed by atoms with Crippen molar-refractivity contribution in [3.8, 4) is 5.69 Å². The van der Waals surface area contributed by atoms with Gasteiger partial charge in [0.05, 0.1) is 17.4 Å². The number of aryl methyl sites for hydroxylation is 1. The Balaban J connectivity index is 1.82. The van der Waals surface area contributed by atoms with E-state index in [0.29, 0.717) is 12.1 Å². The maximum atomic E-state index is 12.5. The van der Waals surface area contributed by atoms with Crippen molar-refractivity contribution in [2.45, 2.75) is 25.8 Å². The van der Waals surface area contributed by atoms with Crippen LogP contribution in [-0.2, 0) is 0 Å². The molecule has 3 rings (SSSR count). The third-order valence-corrected chi connectivity index (χ3v) is 3.94. The molecule has 1 amide bonds. The first kappa shape index (κ1) is 13.8. The van der Waals surface area contributed by atoms with Crippen LogP contribution in [0.25, 0.3) is 5.69 Å². The number of amides is 1. The highest BCUT2D eigenvalue weighted by Crippen LogP contribution is 2.16. The summed E-state index contributed by atoms with van der Waals surface area (Å²) in [6.45, 7) is 3.44. The lowest BCUT2D eigenvalue weighted by Gasteiger charge is -2.30. The second kappa shape index (κ2) is 5.69. The first-order valence-corrected chi connectivity index (χ1v) is 7.30. The van der Waals surface area contributed by atoms with E-state index in [4.69, 9.17) is 5.73 Å². The van der Waals surface area contributed by atoms with Crippen LogP contribution in [0.4, 0.5) is 0 Å². The Morgan fingerprint density at radius 1 is 1.38 bits per heavy atom. The topological polar surface area (TPSA) is 64.2 Å². The number of piperidine rings is 1. The van der Waals surface area contributed by atoms with Gasteiger partial charge in [0, 0.05) is 25.3 Å². The van der Waals surface area contributed by atoms with Crippen LogP contribution >= 0.6 is 0 Å². The van der Waals surface area contributed by atoms with Crippen molar-refractivity contribution in [1.82, 2.24) is 14.7 Å². The predicted octanol–water partition coefficient (Wildman–Crippen LogP) is 1.74. The van der Waals surface area contributed by atoms with Crippen LogP contribution < -0.4 is 5.73 Å². The van der Waals surface area contributed by atoms with E-state index in [1.165, 1.54) is 0 Å². The van der Waals surface area contributed by atoms with Crippen molar-refractivity contribution in [1.29, 1.82) is 0 Å². The van der Waals surface area contributed by atoms with Gasteiger partial charge in [0.1, 0.15) is 0 Å². The zero-order chi connectivity index (χ0) is 14.8. The molecule has 2 N–H and O–H groups in total. The SMILES string of the molecule is Cc1ccccc1-n1cc(C(=O)N2CCC[C@@H](N)C2)cn1. The standard InChI is InChI=1S/C16H20N4O/c1-12-5-2-3-7-15(12)20-10-13(9-18-20)16(21)19-8-4-6-14(17)11-19/h2-3,5,7,9-10,14H,4,6,8,11,17H2,1H3/t14-/m1/s1. The minimum absolute atomic E-state index is 0.0185. The lowest BCUT2D eigenvalue weighted by Crippen LogP contribution is -2.45. The molecule has 0 aliphatic carbocycles. The zero-order valence-electron chi connectivity index (χ0n) is 12.2. The van der Waals surface area contributed by atoms with E-state index in [9.17, 15) is 4.79 Å². The van der Waals surface area contributed by atoms with E-state index in [1.807, 2.05) is 36.1 Å². The van der Waals surface area contributed by atoms with Crippen molar-refractivity contribution in [2.24, 2.45) is 5.73 Å². The van der Waals surface area contributed by atoms with Crippen molar-refractivity contribution in [3.05, 3.63) is 47.8 Å². The van der Waals surface area contributed by atoms with Gasteiger partial charge in [0.15, 0.2) is 0 Å². The molecular weight excluding hydrogens is 264 g/mol. The molecule has 21 heavy (non-hydrogen) atoms. The van der Waals surface area contributed by atoms with Gasteiger partial charge in [-0.05, 0) is 31.4 Å². The molecule has 0 spiro atoms. The highest BCUT2D eigenvalue weighted by molar-refractivity contribution is 5.94. The third-order valence-electron chi connectivity index (χ3n) is 3.94. The summed E-state index contributed by atoms with van der Waals surface area (Å²) >= 11 is 0. The summed E-state index contributed by atoms with van der Waals surface area (Å²) in [6, 6.07) is 8.07. The molecule has 1 aromatic heterocycles.